The highest BCUT2D eigenvalue weighted by molar-refractivity contribution is 5.95. The van der Waals surface area contributed by atoms with Gasteiger partial charge >= 0.3 is 12.0 Å². The minimum absolute atomic E-state index is 0.115. The van der Waals surface area contributed by atoms with Crippen LogP contribution in [0.25, 0.3) is 0 Å². The highest BCUT2D eigenvalue weighted by Gasteiger charge is 2.10. The van der Waals surface area contributed by atoms with Crippen LogP contribution in [0, 0.1) is 0 Å². The largest absolute Gasteiger partial charge is 0.469 e. The van der Waals surface area contributed by atoms with E-state index in [1.165, 1.54) is 12.0 Å². The fourth-order valence-corrected chi connectivity index (χ4v) is 1.74. The standard InChI is InChI=1S/C16H23N3O5/c1-19(10-11-23-2)16(22)18-13-6-4-12(5-7-13)15(21)17-9-8-14(20)24-3/h4-7H,8-11H2,1-3H3,(H,17,21)(H,18,22). The van der Waals surface area contributed by atoms with E-state index in [0.717, 1.165) is 0 Å². The highest BCUT2D eigenvalue weighted by atomic mass is 16.5. The third kappa shape index (κ3) is 6.66. The van der Waals surface area contributed by atoms with Crippen molar-refractivity contribution in [3.8, 4) is 0 Å². The molecule has 2 N–H and O–H groups in total. The second-order valence-electron chi connectivity index (χ2n) is 5.00. The van der Waals surface area contributed by atoms with Crippen LogP contribution in [0.2, 0.25) is 0 Å². The first-order chi connectivity index (χ1) is 11.5. The van der Waals surface area contributed by atoms with Gasteiger partial charge in [0.2, 0.25) is 0 Å². The highest BCUT2D eigenvalue weighted by Crippen LogP contribution is 2.10. The van der Waals surface area contributed by atoms with Crippen LogP contribution in [0.4, 0.5) is 10.5 Å². The predicted molar refractivity (Wildman–Crippen MR) is 88.9 cm³/mol. The maximum Gasteiger partial charge on any atom is 0.321 e. The van der Waals surface area contributed by atoms with Gasteiger partial charge < -0.3 is 25.0 Å². The van der Waals surface area contributed by atoms with Crippen molar-refractivity contribution in [2.75, 3.05) is 46.3 Å². The van der Waals surface area contributed by atoms with Crippen LogP contribution in [0.1, 0.15) is 16.8 Å². The number of benzene rings is 1. The van der Waals surface area contributed by atoms with Crippen molar-refractivity contribution < 1.29 is 23.9 Å². The molecule has 0 aromatic heterocycles. The first kappa shape index (κ1) is 19.4. The lowest BCUT2D eigenvalue weighted by Gasteiger charge is -2.17. The van der Waals surface area contributed by atoms with Crippen molar-refractivity contribution in [2.24, 2.45) is 0 Å². The van der Waals surface area contributed by atoms with Crippen LogP contribution in [0.15, 0.2) is 24.3 Å². The summed E-state index contributed by atoms with van der Waals surface area (Å²) >= 11 is 0. The molecule has 0 fully saturated rings. The fourth-order valence-electron chi connectivity index (χ4n) is 1.74. The van der Waals surface area contributed by atoms with E-state index in [0.29, 0.717) is 24.4 Å². The molecule has 0 saturated heterocycles. The van der Waals surface area contributed by atoms with Gasteiger partial charge in [-0.1, -0.05) is 0 Å². The smallest absolute Gasteiger partial charge is 0.321 e. The molecule has 0 bridgehead atoms. The zero-order valence-electron chi connectivity index (χ0n) is 14.1. The summed E-state index contributed by atoms with van der Waals surface area (Å²) < 4.78 is 9.41. The Morgan fingerprint density at radius 3 is 2.38 bits per heavy atom. The van der Waals surface area contributed by atoms with Crippen LogP contribution in [0.3, 0.4) is 0 Å². The van der Waals surface area contributed by atoms with E-state index in [9.17, 15) is 14.4 Å². The quantitative estimate of drug-likeness (QED) is 0.692. The molecule has 0 heterocycles. The molecule has 0 spiro atoms. The maximum atomic E-state index is 11.9. The molecule has 1 aromatic rings. The summed E-state index contributed by atoms with van der Waals surface area (Å²) in [6.07, 6.45) is 0.115. The van der Waals surface area contributed by atoms with E-state index >= 15 is 0 Å². The third-order valence-electron chi connectivity index (χ3n) is 3.22. The lowest BCUT2D eigenvalue weighted by atomic mass is 10.2. The Morgan fingerprint density at radius 2 is 1.79 bits per heavy atom. The Kier molecular flexibility index (Phi) is 8.28. The molecule has 1 aromatic carbocycles. The van der Waals surface area contributed by atoms with Crippen molar-refractivity contribution >= 4 is 23.6 Å². The number of likely N-dealkylation sites (N-methyl/N-ethyl adjacent to an activating group) is 1. The molecule has 3 amide bonds. The number of carbonyl (C=O) groups excluding carboxylic acids is 3. The number of carbonyl (C=O) groups is 3. The van der Waals surface area contributed by atoms with E-state index in [1.54, 1.807) is 38.4 Å². The minimum atomic E-state index is -0.383. The van der Waals surface area contributed by atoms with Gasteiger partial charge in [0.25, 0.3) is 5.91 Å². The number of rotatable bonds is 8. The molecule has 8 nitrogen and oxygen atoms in total. The number of nitrogens with zero attached hydrogens (tertiary/aromatic N) is 1. The summed E-state index contributed by atoms with van der Waals surface area (Å²) in [5.41, 5.74) is 1.01. The van der Waals surface area contributed by atoms with E-state index in [-0.39, 0.29) is 30.9 Å². The van der Waals surface area contributed by atoms with Crippen LogP contribution in [-0.4, -0.2) is 63.8 Å². The van der Waals surface area contributed by atoms with Crippen molar-refractivity contribution in [1.29, 1.82) is 0 Å². The zero-order valence-corrected chi connectivity index (χ0v) is 14.1. The summed E-state index contributed by atoms with van der Waals surface area (Å²) in [6.45, 7) is 1.13. The van der Waals surface area contributed by atoms with Gasteiger partial charge in [0.1, 0.15) is 0 Å². The average molecular weight is 337 g/mol. The topological polar surface area (TPSA) is 97.0 Å². The number of urea groups is 1. The normalized spacial score (nSPS) is 9.96. The molecule has 24 heavy (non-hydrogen) atoms. The number of hydrogen-bond donors (Lipinski definition) is 2. The molecule has 0 aliphatic rings. The molecule has 1 rings (SSSR count). The summed E-state index contributed by atoms with van der Waals surface area (Å²) in [4.78, 5) is 36.3. The third-order valence-corrected chi connectivity index (χ3v) is 3.22. The first-order valence-electron chi connectivity index (χ1n) is 7.44. The zero-order chi connectivity index (χ0) is 17.9. The Hall–Kier alpha value is -2.61. The van der Waals surface area contributed by atoms with Gasteiger partial charge in [-0.25, -0.2) is 4.79 Å². The number of esters is 1. The van der Waals surface area contributed by atoms with Gasteiger partial charge in [0, 0.05) is 38.5 Å². The summed E-state index contributed by atoms with van der Waals surface area (Å²) in [5, 5.41) is 5.34. The van der Waals surface area contributed by atoms with Gasteiger partial charge in [0.05, 0.1) is 20.1 Å². The van der Waals surface area contributed by atoms with Crippen LogP contribution < -0.4 is 10.6 Å². The molecule has 0 atom stereocenters. The Bertz CT molecular complexity index is 559. The second-order valence-corrected chi connectivity index (χ2v) is 5.00. The Labute approximate surface area is 141 Å². The maximum absolute atomic E-state index is 11.9. The summed E-state index contributed by atoms with van der Waals surface area (Å²) in [6, 6.07) is 6.20. The lowest BCUT2D eigenvalue weighted by Crippen LogP contribution is -2.33. The van der Waals surface area contributed by atoms with E-state index in [4.69, 9.17) is 4.74 Å². The van der Waals surface area contributed by atoms with Crippen LogP contribution in [-0.2, 0) is 14.3 Å². The molecular weight excluding hydrogens is 314 g/mol. The van der Waals surface area contributed by atoms with Gasteiger partial charge in [-0.3, -0.25) is 9.59 Å². The molecule has 0 radical (unpaired) electrons. The van der Waals surface area contributed by atoms with Crippen molar-refractivity contribution in [2.45, 2.75) is 6.42 Å². The van der Waals surface area contributed by atoms with Gasteiger partial charge in [-0.2, -0.15) is 0 Å². The van der Waals surface area contributed by atoms with Crippen LogP contribution >= 0.6 is 0 Å². The molecule has 0 aliphatic heterocycles. The average Bonchev–Trinajstić information content (AvgIpc) is 2.59. The molecule has 132 valence electrons. The number of methoxy groups -OCH3 is 2. The number of hydrogen-bond acceptors (Lipinski definition) is 5. The Balaban J connectivity index is 2.48. The second kappa shape index (κ2) is 10.2. The predicted octanol–water partition coefficient (Wildman–Crippen LogP) is 1.09. The number of nitrogens with one attached hydrogen (secondary N) is 2. The van der Waals surface area contributed by atoms with Crippen LogP contribution in [0.5, 0.6) is 0 Å². The molecule has 0 aliphatic carbocycles. The van der Waals surface area contributed by atoms with Crippen molar-refractivity contribution in [3.05, 3.63) is 29.8 Å². The molecule has 0 unspecified atom stereocenters. The van der Waals surface area contributed by atoms with Gasteiger partial charge in [-0.15, -0.1) is 0 Å². The first-order valence-corrected chi connectivity index (χ1v) is 7.44. The van der Waals surface area contributed by atoms with Gasteiger partial charge in [-0.05, 0) is 24.3 Å². The summed E-state index contributed by atoms with van der Waals surface area (Å²) in [7, 11) is 4.53. The molecular formula is C16H23N3O5. The number of amides is 3. The SMILES string of the molecule is COCCN(C)C(=O)Nc1ccc(C(=O)NCCC(=O)OC)cc1. The van der Waals surface area contributed by atoms with Gasteiger partial charge in [0.15, 0.2) is 0 Å². The number of anilines is 1. The van der Waals surface area contributed by atoms with Crippen molar-refractivity contribution in [3.63, 3.8) is 0 Å². The minimum Gasteiger partial charge on any atom is -0.469 e. The summed E-state index contributed by atoms with van der Waals surface area (Å²) in [5.74, 6) is -0.681. The van der Waals surface area contributed by atoms with E-state index < -0.39 is 0 Å². The molecule has 0 saturated carbocycles. The monoisotopic (exact) mass is 337 g/mol. The van der Waals surface area contributed by atoms with E-state index in [1.807, 2.05) is 0 Å². The van der Waals surface area contributed by atoms with E-state index in [2.05, 4.69) is 15.4 Å². The Morgan fingerprint density at radius 1 is 1.12 bits per heavy atom. The number of ether oxygens (including phenoxy) is 2. The molecule has 8 heteroatoms. The van der Waals surface area contributed by atoms with Crippen molar-refractivity contribution in [1.82, 2.24) is 10.2 Å². The fraction of sp³-hybridized carbons (Fsp3) is 0.438. The lowest BCUT2D eigenvalue weighted by molar-refractivity contribution is -0.140.